The van der Waals surface area contributed by atoms with E-state index in [9.17, 15) is 18.0 Å². The fraction of sp³-hybridized carbons (Fsp3) is 0.200. The van der Waals surface area contributed by atoms with Crippen LogP contribution in [0.1, 0.15) is 16.8 Å². The fourth-order valence-electron chi connectivity index (χ4n) is 1.75. The molecular formula is C15H14F3N3O2. The van der Waals surface area contributed by atoms with Crippen LogP contribution in [0.25, 0.3) is 6.08 Å². The Morgan fingerprint density at radius 1 is 1.30 bits per heavy atom. The van der Waals surface area contributed by atoms with Gasteiger partial charge in [0.1, 0.15) is 12.3 Å². The molecule has 0 aliphatic carbocycles. The van der Waals surface area contributed by atoms with Gasteiger partial charge in [0.25, 0.3) is 0 Å². The van der Waals surface area contributed by atoms with Crippen LogP contribution >= 0.6 is 0 Å². The van der Waals surface area contributed by atoms with E-state index in [1.165, 1.54) is 12.2 Å². The topological polar surface area (TPSA) is 67.0 Å². The second-order valence-corrected chi connectivity index (χ2v) is 4.54. The molecule has 0 unspecified atom stereocenters. The number of nitrogens with one attached hydrogen (secondary N) is 2. The molecule has 0 radical (unpaired) electrons. The van der Waals surface area contributed by atoms with E-state index < -0.39 is 18.0 Å². The number of carbonyl (C=O) groups is 1. The van der Waals surface area contributed by atoms with E-state index in [0.29, 0.717) is 0 Å². The van der Waals surface area contributed by atoms with Gasteiger partial charge in [-0.25, -0.2) is 4.79 Å². The van der Waals surface area contributed by atoms with Crippen LogP contribution in [0.4, 0.5) is 18.0 Å². The van der Waals surface area contributed by atoms with E-state index in [1.54, 1.807) is 0 Å². The second kappa shape index (κ2) is 7.48. The highest BCUT2D eigenvalue weighted by atomic mass is 19.4. The molecule has 0 saturated carbocycles. The van der Waals surface area contributed by atoms with Crippen LogP contribution in [0.15, 0.2) is 42.6 Å². The summed E-state index contributed by atoms with van der Waals surface area (Å²) >= 11 is 0. The first-order valence-corrected chi connectivity index (χ1v) is 6.68. The molecule has 0 aliphatic heterocycles. The number of rotatable bonds is 5. The van der Waals surface area contributed by atoms with E-state index in [2.05, 4.69) is 10.4 Å². The van der Waals surface area contributed by atoms with E-state index >= 15 is 0 Å². The standard InChI is InChI=1S/C15H14F3N3O2/c16-15(17,18)13-12(9-20-21-13)7-4-8-19-14(22)23-10-11-5-2-1-3-6-11/h1-7,9H,8,10H2,(H,19,22)(H,20,21). The number of H-pyrrole nitrogens is 1. The highest BCUT2D eigenvalue weighted by Crippen LogP contribution is 2.30. The molecular weight excluding hydrogens is 311 g/mol. The van der Waals surface area contributed by atoms with Gasteiger partial charge in [0, 0.05) is 12.1 Å². The number of ether oxygens (including phenoxy) is 1. The summed E-state index contributed by atoms with van der Waals surface area (Å²) in [5.41, 5.74) is -0.191. The van der Waals surface area contributed by atoms with Gasteiger partial charge < -0.3 is 10.1 Å². The molecule has 1 aromatic heterocycles. The zero-order valence-corrected chi connectivity index (χ0v) is 11.9. The van der Waals surface area contributed by atoms with Crippen molar-refractivity contribution in [1.29, 1.82) is 0 Å². The summed E-state index contributed by atoms with van der Waals surface area (Å²) in [6, 6.07) is 9.11. The normalized spacial score (nSPS) is 11.6. The van der Waals surface area contributed by atoms with Crippen LogP contribution in [-0.2, 0) is 17.5 Å². The zero-order chi connectivity index (χ0) is 16.7. The number of aromatic nitrogens is 2. The van der Waals surface area contributed by atoms with Crippen molar-refractivity contribution in [2.75, 3.05) is 6.54 Å². The fourth-order valence-corrected chi connectivity index (χ4v) is 1.75. The van der Waals surface area contributed by atoms with Gasteiger partial charge in [-0.2, -0.15) is 18.3 Å². The Morgan fingerprint density at radius 2 is 2.04 bits per heavy atom. The van der Waals surface area contributed by atoms with Gasteiger partial charge in [-0.15, -0.1) is 0 Å². The van der Waals surface area contributed by atoms with Gasteiger partial charge in [-0.1, -0.05) is 42.5 Å². The van der Waals surface area contributed by atoms with Crippen molar-refractivity contribution >= 4 is 12.2 Å². The van der Waals surface area contributed by atoms with Crippen LogP contribution in [0.5, 0.6) is 0 Å². The zero-order valence-electron chi connectivity index (χ0n) is 11.9. The first kappa shape index (κ1) is 16.6. The van der Waals surface area contributed by atoms with Crippen molar-refractivity contribution < 1.29 is 22.7 Å². The number of benzene rings is 1. The molecule has 1 amide bonds. The number of alkyl carbamates (subject to hydrolysis) is 1. The molecule has 2 aromatic rings. The van der Waals surface area contributed by atoms with Crippen LogP contribution in [0.2, 0.25) is 0 Å². The molecule has 122 valence electrons. The first-order valence-electron chi connectivity index (χ1n) is 6.68. The highest BCUT2D eigenvalue weighted by Gasteiger charge is 2.34. The predicted molar refractivity (Wildman–Crippen MR) is 77.3 cm³/mol. The summed E-state index contributed by atoms with van der Waals surface area (Å²) in [4.78, 5) is 11.4. The summed E-state index contributed by atoms with van der Waals surface area (Å²) in [6.07, 6.45) is -1.49. The Balaban J connectivity index is 1.76. The average molecular weight is 325 g/mol. The third-order valence-electron chi connectivity index (χ3n) is 2.83. The number of nitrogens with zero attached hydrogens (tertiary/aromatic N) is 1. The molecule has 8 heteroatoms. The summed E-state index contributed by atoms with van der Waals surface area (Å²) in [7, 11) is 0. The molecule has 1 heterocycles. The first-order chi connectivity index (χ1) is 11.0. The van der Waals surface area contributed by atoms with Crippen molar-refractivity contribution in [2.24, 2.45) is 0 Å². The van der Waals surface area contributed by atoms with Crippen molar-refractivity contribution in [1.82, 2.24) is 15.5 Å². The number of amides is 1. The minimum atomic E-state index is -4.50. The lowest BCUT2D eigenvalue weighted by atomic mass is 10.2. The summed E-state index contributed by atoms with van der Waals surface area (Å²) in [6.45, 7) is 0.159. The van der Waals surface area contributed by atoms with E-state index in [0.717, 1.165) is 11.8 Å². The quantitative estimate of drug-likeness (QED) is 0.886. The van der Waals surface area contributed by atoms with Crippen molar-refractivity contribution in [2.45, 2.75) is 12.8 Å². The van der Waals surface area contributed by atoms with Gasteiger partial charge in [0.15, 0.2) is 0 Å². The third-order valence-corrected chi connectivity index (χ3v) is 2.83. The monoisotopic (exact) mass is 325 g/mol. The Bertz CT molecular complexity index is 666. The molecule has 23 heavy (non-hydrogen) atoms. The average Bonchev–Trinajstić information content (AvgIpc) is 2.99. The maximum absolute atomic E-state index is 12.6. The minimum absolute atomic E-state index is 0.0378. The Morgan fingerprint density at radius 3 is 2.74 bits per heavy atom. The SMILES string of the molecule is O=C(NCC=Cc1cn[nH]c1C(F)(F)F)OCc1ccccc1. The number of alkyl halides is 3. The number of hydrogen-bond acceptors (Lipinski definition) is 3. The maximum atomic E-state index is 12.6. The summed E-state index contributed by atoms with van der Waals surface area (Å²) in [5.74, 6) is 0. The smallest absolute Gasteiger partial charge is 0.433 e. The predicted octanol–water partition coefficient (Wildman–Crippen LogP) is 3.37. The minimum Gasteiger partial charge on any atom is -0.445 e. The maximum Gasteiger partial charge on any atom is 0.433 e. The molecule has 0 saturated heterocycles. The second-order valence-electron chi connectivity index (χ2n) is 4.54. The number of hydrogen-bond donors (Lipinski definition) is 2. The van der Waals surface area contributed by atoms with E-state index in [1.807, 2.05) is 35.4 Å². The van der Waals surface area contributed by atoms with Crippen LogP contribution < -0.4 is 5.32 Å². The van der Waals surface area contributed by atoms with E-state index in [-0.39, 0.29) is 18.7 Å². The van der Waals surface area contributed by atoms with Gasteiger partial charge >= 0.3 is 12.3 Å². The molecule has 0 fully saturated rings. The molecule has 0 atom stereocenters. The van der Waals surface area contributed by atoms with Gasteiger partial charge in [-0.3, -0.25) is 5.10 Å². The van der Waals surface area contributed by atoms with Crippen LogP contribution in [0, 0.1) is 0 Å². The van der Waals surface area contributed by atoms with Crippen LogP contribution in [0.3, 0.4) is 0 Å². The number of aromatic amines is 1. The Labute approximate surface area is 130 Å². The van der Waals surface area contributed by atoms with E-state index in [4.69, 9.17) is 4.74 Å². The molecule has 5 nitrogen and oxygen atoms in total. The van der Waals surface area contributed by atoms with Crippen molar-refractivity contribution in [3.05, 3.63) is 59.4 Å². The van der Waals surface area contributed by atoms with Crippen LogP contribution in [-0.4, -0.2) is 22.8 Å². The third kappa shape index (κ3) is 5.17. The van der Waals surface area contributed by atoms with Gasteiger partial charge in [0.2, 0.25) is 0 Å². The molecule has 0 aliphatic rings. The lowest BCUT2D eigenvalue weighted by Gasteiger charge is -2.05. The molecule has 0 spiro atoms. The largest absolute Gasteiger partial charge is 0.445 e. The van der Waals surface area contributed by atoms with Crippen molar-refractivity contribution in [3.63, 3.8) is 0 Å². The van der Waals surface area contributed by atoms with Gasteiger partial charge in [0.05, 0.1) is 6.20 Å². The highest BCUT2D eigenvalue weighted by molar-refractivity contribution is 5.67. The van der Waals surface area contributed by atoms with Crippen molar-refractivity contribution in [3.8, 4) is 0 Å². The summed E-state index contributed by atoms with van der Waals surface area (Å²) in [5, 5.41) is 7.67. The molecule has 1 aromatic carbocycles. The Kier molecular flexibility index (Phi) is 5.40. The molecule has 2 N–H and O–H groups in total. The van der Waals surface area contributed by atoms with Gasteiger partial charge in [-0.05, 0) is 5.56 Å². The molecule has 2 rings (SSSR count). The number of halogens is 3. The Hall–Kier alpha value is -2.77. The lowest BCUT2D eigenvalue weighted by molar-refractivity contribution is -0.141. The molecule has 0 bridgehead atoms. The lowest BCUT2D eigenvalue weighted by Crippen LogP contribution is -2.24. The summed E-state index contributed by atoms with van der Waals surface area (Å²) < 4.78 is 42.7. The number of carbonyl (C=O) groups excluding carboxylic acids is 1.